The van der Waals surface area contributed by atoms with Crippen LogP contribution in [0.4, 0.5) is 5.13 Å². The predicted octanol–water partition coefficient (Wildman–Crippen LogP) is 0.611. The van der Waals surface area contributed by atoms with Gasteiger partial charge in [-0.1, -0.05) is 18.3 Å². The molecule has 1 aromatic heterocycles. The van der Waals surface area contributed by atoms with Gasteiger partial charge in [-0.15, -0.1) is 10.2 Å². The fraction of sp³-hybridized carbons (Fsp3) is 0.727. The topological polar surface area (TPSA) is 84.1 Å². The van der Waals surface area contributed by atoms with Gasteiger partial charge in [0.15, 0.2) is 0 Å². The summed E-state index contributed by atoms with van der Waals surface area (Å²) >= 11 is 1.31. The molecule has 0 unspecified atom stereocenters. The molecule has 0 aliphatic carbocycles. The number of nitrogens with one attached hydrogen (secondary N) is 1. The molecule has 0 aromatic carbocycles. The van der Waals surface area contributed by atoms with Crippen molar-refractivity contribution in [3.8, 4) is 0 Å². The molecule has 1 fully saturated rings. The normalized spacial score (nSPS) is 17.8. The number of hydrogen-bond acceptors (Lipinski definition) is 6. The van der Waals surface area contributed by atoms with E-state index in [4.69, 9.17) is 5.73 Å². The molecule has 0 spiro atoms. The molecule has 3 N–H and O–H groups in total. The average Bonchev–Trinajstić information content (AvgIpc) is 2.99. The molecule has 0 radical (unpaired) electrons. The Bertz CT molecular complexity index is 402. The van der Waals surface area contributed by atoms with E-state index in [9.17, 15) is 4.79 Å². The number of rotatable bonds is 5. The molecular formula is C11H19N5OS. The summed E-state index contributed by atoms with van der Waals surface area (Å²) in [5.74, 6) is 0.0770. The van der Waals surface area contributed by atoms with E-state index in [1.165, 1.54) is 24.2 Å². The quantitative estimate of drug-likeness (QED) is 0.818. The highest BCUT2D eigenvalue weighted by Crippen LogP contribution is 2.15. The Morgan fingerprint density at radius 1 is 1.50 bits per heavy atom. The number of hydrogen-bond donors (Lipinski definition) is 2. The number of carbonyl (C=O) groups excluding carboxylic acids is 1. The molecule has 2 heterocycles. The fourth-order valence-electron chi connectivity index (χ4n) is 2.28. The third kappa shape index (κ3) is 3.17. The van der Waals surface area contributed by atoms with E-state index in [0.717, 1.165) is 24.5 Å². The number of anilines is 1. The first-order valence-corrected chi connectivity index (χ1v) is 7.12. The van der Waals surface area contributed by atoms with Gasteiger partial charge in [0.1, 0.15) is 5.01 Å². The molecule has 2 rings (SSSR count). The highest BCUT2D eigenvalue weighted by Gasteiger charge is 2.26. The minimum absolute atomic E-state index is 0.0160. The van der Waals surface area contributed by atoms with Crippen LogP contribution in [0.1, 0.15) is 31.2 Å². The summed E-state index contributed by atoms with van der Waals surface area (Å²) in [7, 11) is 0. The Hall–Kier alpha value is -1.21. The second kappa shape index (κ2) is 6.10. The molecule has 100 valence electrons. The maximum Gasteiger partial charge on any atom is 0.237 e. The summed E-state index contributed by atoms with van der Waals surface area (Å²) in [5.41, 5.74) is 5.49. The summed E-state index contributed by atoms with van der Waals surface area (Å²) < 4.78 is 0. The molecule has 18 heavy (non-hydrogen) atoms. The Morgan fingerprint density at radius 3 is 2.78 bits per heavy atom. The van der Waals surface area contributed by atoms with Crippen LogP contribution in [0.5, 0.6) is 0 Å². The van der Waals surface area contributed by atoms with Crippen LogP contribution in [0.3, 0.4) is 0 Å². The standard InChI is InChI=1S/C11H19N5OS/c1-2-8(16-5-3-4-6-16)10(17)13-7-9-14-15-11(12)18-9/h8H,2-7H2,1H3,(H2,12,15)(H,13,17)/t8-/m1/s1. The lowest BCUT2D eigenvalue weighted by atomic mass is 10.2. The van der Waals surface area contributed by atoms with Crippen LogP contribution in [0.15, 0.2) is 0 Å². The van der Waals surface area contributed by atoms with Gasteiger partial charge in [0.05, 0.1) is 12.6 Å². The molecule has 6 nitrogen and oxygen atoms in total. The van der Waals surface area contributed by atoms with Crippen molar-refractivity contribution in [1.82, 2.24) is 20.4 Å². The largest absolute Gasteiger partial charge is 0.374 e. The van der Waals surface area contributed by atoms with Crippen molar-refractivity contribution < 1.29 is 4.79 Å². The Labute approximate surface area is 111 Å². The van der Waals surface area contributed by atoms with Crippen molar-refractivity contribution >= 4 is 22.4 Å². The van der Waals surface area contributed by atoms with E-state index in [-0.39, 0.29) is 11.9 Å². The van der Waals surface area contributed by atoms with Gasteiger partial charge < -0.3 is 11.1 Å². The third-order valence-electron chi connectivity index (χ3n) is 3.17. The Balaban J connectivity index is 1.85. The minimum atomic E-state index is -0.0160. The first-order valence-electron chi connectivity index (χ1n) is 6.30. The van der Waals surface area contributed by atoms with Gasteiger partial charge >= 0.3 is 0 Å². The molecule has 7 heteroatoms. The second-order valence-electron chi connectivity index (χ2n) is 4.42. The second-order valence-corrected chi connectivity index (χ2v) is 5.51. The molecule has 1 aliphatic heterocycles. The molecular weight excluding hydrogens is 250 g/mol. The lowest BCUT2D eigenvalue weighted by Gasteiger charge is -2.25. The van der Waals surface area contributed by atoms with Gasteiger partial charge in [0.2, 0.25) is 11.0 Å². The van der Waals surface area contributed by atoms with Crippen LogP contribution in [0.2, 0.25) is 0 Å². The maximum atomic E-state index is 12.1. The van der Waals surface area contributed by atoms with Gasteiger partial charge in [-0.05, 0) is 32.4 Å². The zero-order chi connectivity index (χ0) is 13.0. The number of aromatic nitrogens is 2. The lowest BCUT2D eigenvalue weighted by molar-refractivity contribution is -0.126. The zero-order valence-electron chi connectivity index (χ0n) is 10.6. The Morgan fingerprint density at radius 2 is 2.22 bits per heavy atom. The monoisotopic (exact) mass is 269 g/mol. The number of nitrogen functional groups attached to an aromatic ring is 1. The fourth-order valence-corrected chi connectivity index (χ4v) is 2.83. The van der Waals surface area contributed by atoms with E-state index in [1.54, 1.807) is 0 Å². The van der Waals surface area contributed by atoms with Gasteiger partial charge in [0.25, 0.3) is 0 Å². The number of likely N-dealkylation sites (tertiary alicyclic amines) is 1. The molecule has 0 saturated carbocycles. The SMILES string of the molecule is CC[C@H](C(=O)NCc1nnc(N)s1)N1CCCC1. The molecule has 1 aliphatic rings. The number of amides is 1. The van der Waals surface area contributed by atoms with Crippen molar-refractivity contribution in [3.63, 3.8) is 0 Å². The number of nitrogens with two attached hydrogens (primary N) is 1. The van der Waals surface area contributed by atoms with Crippen LogP contribution in [-0.2, 0) is 11.3 Å². The van der Waals surface area contributed by atoms with Gasteiger partial charge in [0, 0.05) is 0 Å². The lowest BCUT2D eigenvalue weighted by Crippen LogP contribution is -2.45. The first-order chi connectivity index (χ1) is 8.70. The summed E-state index contributed by atoms with van der Waals surface area (Å²) in [6.45, 7) is 4.51. The molecule has 1 aromatic rings. The van der Waals surface area contributed by atoms with E-state index < -0.39 is 0 Å². The van der Waals surface area contributed by atoms with E-state index in [0.29, 0.717) is 11.7 Å². The van der Waals surface area contributed by atoms with Gasteiger partial charge in [-0.3, -0.25) is 9.69 Å². The zero-order valence-corrected chi connectivity index (χ0v) is 11.4. The van der Waals surface area contributed by atoms with Crippen LogP contribution >= 0.6 is 11.3 Å². The first kappa shape index (κ1) is 13.2. The maximum absolute atomic E-state index is 12.1. The third-order valence-corrected chi connectivity index (χ3v) is 3.92. The van der Waals surface area contributed by atoms with Crippen LogP contribution in [0, 0.1) is 0 Å². The van der Waals surface area contributed by atoms with E-state index in [1.807, 2.05) is 6.92 Å². The molecule has 1 amide bonds. The molecule has 1 saturated heterocycles. The number of carbonyl (C=O) groups is 1. The van der Waals surface area contributed by atoms with Crippen molar-refractivity contribution in [2.75, 3.05) is 18.8 Å². The van der Waals surface area contributed by atoms with Crippen LogP contribution in [0.25, 0.3) is 0 Å². The average molecular weight is 269 g/mol. The summed E-state index contributed by atoms with van der Waals surface area (Å²) in [6.07, 6.45) is 3.22. The van der Waals surface area contributed by atoms with Crippen molar-refractivity contribution in [1.29, 1.82) is 0 Å². The predicted molar refractivity (Wildman–Crippen MR) is 71.1 cm³/mol. The van der Waals surface area contributed by atoms with Crippen LogP contribution in [-0.4, -0.2) is 40.1 Å². The Kier molecular flexibility index (Phi) is 4.48. The van der Waals surface area contributed by atoms with E-state index >= 15 is 0 Å². The van der Waals surface area contributed by atoms with Gasteiger partial charge in [-0.2, -0.15) is 0 Å². The van der Waals surface area contributed by atoms with Crippen molar-refractivity contribution in [3.05, 3.63) is 5.01 Å². The highest BCUT2D eigenvalue weighted by atomic mass is 32.1. The highest BCUT2D eigenvalue weighted by molar-refractivity contribution is 7.15. The molecule has 0 bridgehead atoms. The summed E-state index contributed by atoms with van der Waals surface area (Å²) in [4.78, 5) is 14.4. The van der Waals surface area contributed by atoms with Gasteiger partial charge in [-0.25, -0.2) is 0 Å². The van der Waals surface area contributed by atoms with Crippen LogP contribution < -0.4 is 11.1 Å². The van der Waals surface area contributed by atoms with Crippen molar-refractivity contribution in [2.45, 2.75) is 38.8 Å². The van der Waals surface area contributed by atoms with Crippen molar-refractivity contribution in [2.24, 2.45) is 0 Å². The smallest absolute Gasteiger partial charge is 0.237 e. The summed E-state index contributed by atoms with van der Waals surface area (Å²) in [5, 5.41) is 11.7. The van der Waals surface area contributed by atoms with E-state index in [2.05, 4.69) is 20.4 Å². The number of nitrogens with zero attached hydrogens (tertiary/aromatic N) is 3. The summed E-state index contributed by atoms with van der Waals surface area (Å²) in [6, 6.07) is -0.0160. The minimum Gasteiger partial charge on any atom is -0.374 e. The molecule has 1 atom stereocenters.